The molecule has 0 fully saturated rings. The van der Waals surface area contributed by atoms with Crippen molar-refractivity contribution in [2.24, 2.45) is 13.0 Å². The molecule has 0 amide bonds. The molecule has 0 saturated heterocycles. The lowest BCUT2D eigenvalue weighted by atomic mass is 10.1. The zero-order valence-corrected chi connectivity index (χ0v) is 10.2. The molecule has 0 aliphatic carbocycles. The molecule has 1 rings (SSSR count). The molecule has 1 unspecified atom stereocenters. The van der Waals surface area contributed by atoms with Crippen LogP contribution in [0, 0.1) is 5.92 Å². The second kappa shape index (κ2) is 5.65. The van der Waals surface area contributed by atoms with Crippen LogP contribution in [0.1, 0.15) is 25.5 Å². The quantitative estimate of drug-likeness (QED) is 0.756. The lowest BCUT2D eigenvalue weighted by Gasteiger charge is -2.16. The lowest BCUT2D eigenvalue weighted by molar-refractivity contribution is -0.143. The fourth-order valence-corrected chi connectivity index (χ4v) is 1.40. The predicted molar refractivity (Wildman–Crippen MR) is 60.8 cm³/mol. The minimum Gasteiger partial charge on any atom is -0.468 e. The Hall–Kier alpha value is -1.36. The van der Waals surface area contributed by atoms with Crippen molar-refractivity contribution in [3.8, 4) is 0 Å². The van der Waals surface area contributed by atoms with Crippen LogP contribution < -0.4 is 5.32 Å². The average Bonchev–Trinajstić information content (AvgIpc) is 2.64. The van der Waals surface area contributed by atoms with Crippen molar-refractivity contribution >= 4 is 5.97 Å². The zero-order chi connectivity index (χ0) is 12.1. The van der Waals surface area contributed by atoms with E-state index >= 15 is 0 Å². The third kappa shape index (κ3) is 3.34. The summed E-state index contributed by atoms with van der Waals surface area (Å²) in [4.78, 5) is 11.6. The molecule has 90 valence electrons. The summed E-state index contributed by atoms with van der Waals surface area (Å²) in [6.07, 6.45) is 3.49. The fourth-order valence-electron chi connectivity index (χ4n) is 1.40. The molecule has 0 bridgehead atoms. The topological polar surface area (TPSA) is 56.1 Å². The highest BCUT2D eigenvalue weighted by atomic mass is 16.5. The van der Waals surface area contributed by atoms with Crippen molar-refractivity contribution in [3.63, 3.8) is 0 Å². The summed E-state index contributed by atoms with van der Waals surface area (Å²) in [5, 5.41) is 7.22. The van der Waals surface area contributed by atoms with Gasteiger partial charge in [0.2, 0.25) is 0 Å². The van der Waals surface area contributed by atoms with E-state index in [1.54, 1.807) is 10.9 Å². The number of ether oxygens (including phenoxy) is 1. The Kier molecular flexibility index (Phi) is 4.49. The number of aromatic nitrogens is 2. The second-order valence-corrected chi connectivity index (χ2v) is 4.21. The number of hydrogen-bond acceptors (Lipinski definition) is 4. The van der Waals surface area contributed by atoms with Gasteiger partial charge in [0.15, 0.2) is 0 Å². The predicted octanol–water partition coefficient (Wildman–Crippen LogP) is 0.880. The smallest absolute Gasteiger partial charge is 0.327 e. The molecular formula is C11H19N3O2. The molecule has 0 radical (unpaired) electrons. The highest BCUT2D eigenvalue weighted by Crippen LogP contribution is 2.13. The van der Waals surface area contributed by atoms with Crippen LogP contribution in [-0.4, -0.2) is 29.4 Å². The van der Waals surface area contributed by atoms with Gasteiger partial charge in [0.25, 0.3) is 0 Å². The number of hydrogen-bond donors (Lipinski definition) is 1. The van der Waals surface area contributed by atoms with Gasteiger partial charge in [-0.1, -0.05) is 13.8 Å². The fraction of sp³-hybridized carbons (Fsp3) is 0.636. The highest BCUT2D eigenvalue weighted by Gasteiger charge is 2.22. The molecule has 1 heterocycles. The summed E-state index contributed by atoms with van der Waals surface area (Å²) in [5.41, 5.74) is 0.829. The molecule has 5 nitrogen and oxygen atoms in total. The van der Waals surface area contributed by atoms with Crippen molar-refractivity contribution in [2.75, 3.05) is 13.7 Å². The van der Waals surface area contributed by atoms with E-state index in [1.165, 1.54) is 7.11 Å². The summed E-state index contributed by atoms with van der Waals surface area (Å²) in [5.74, 6) is 0.192. The number of methoxy groups -OCH3 is 1. The van der Waals surface area contributed by atoms with Gasteiger partial charge in [0, 0.05) is 18.8 Å². The van der Waals surface area contributed by atoms with Gasteiger partial charge in [-0.3, -0.25) is 4.68 Å². The van der Waals surface area contributed by atoms with E-state index in [0.717, 1.165) is 12.1 Å². The molecule has 0 spiro atoms. The van der Waals surface area contributed by atoms with Crippen molar-refractivity contribution in [3.05, 3.63) is 18.0 Å². The molecule has 16 heavy (non-hydrogen) atoms. The number of esters is 1. The molecule has 1 N–H and O–H groups in total. The van der Waals surface area contributed by atoms with Gasteiger partial charge in [0.1, 0.15) is 6.04 Å². The molecule has 0 saturated carbocycles. The maximum atomic E-state index is 11.6. The third-order valence-electron chi connectivity index (χ3n) is 2.23. The van der Waals surface area contributed by atoms with Crippen molar-refractivity contribution in [1.29, 1.82) is 0 Å². The molecule has 0 aromatic carbocycles. The van der Waals surface area contributed by atoms with Crippen LogP contribution >= 0.6 is 0 Å². The van der Waals surface area contributed by atoms with Crippen LogP contribution in [0.3, 0.4) is 0 Å². The first-order valence-electron chi connectivity index (χ1n) is 5.34. The normalized spacial score (nSPS) is 12.8. The van der Waals surface area contributed by atoms with Crippen molar-refractivity contribution < 1.29 is 9.53 Å². The first-order chi connectivity index (χ1) is 7.54. The summed E-state index contributed by atoms with van der Waals surface area (Å²) < 4.78 is 6.44. The Labute approximate surface area is 95.8 Å². The van der Waals surface area contributed by atoms with Gasteiger partial charge in [-0.25, -0.2) is 4.79 Å². The molecule has 1 aromatic heterocycles. The Bertz CT molecular complexity index is 347. The Morgan fingerprint density at radius 3 is 2.75 bits per heavy atom. The largest absolute Gasteiger partial charge is 0.468 e. The molecule has 0 aliphatic rings. The Morgan fingerprint density at radius 1 is 1.62 bits per heavy atom. The molecule has 1 atom stereocenters. The van der Waals surface area contributed by atoms with E-state index in [9.17, 15) is 4.79 Å². The van der Waals surface area contributed by atoms with E-state index in [2.05, 4.69) is 24.3 Å². The van der Waals surface area contributed by atoms with Crippen LogP contribution in [0.5, 0.6) is 0 Å². The Morgan fingerprint density at radius 2 is 2.31 bits per heavy atom. The van der Waals surface area contributed by atoms with Crippen molar-refractivity contribution in [1.82, 2.24) is 15.1 Å². The van der Waals surface area contributed by atoms with E-state index in [1.807, 2.05) is 13.2 Å². The highest BCUT2D eigenvalue weighted by molar-refractivity contribution is 5.77. The maximum absolute atomic E-state index is 11.6. The van der Waals surface area contributed by atoms with Gasteiger partial charge in [0.05, 0.1) is 13.3 Å². The van der Waals surface area contributed by atoms with Crippen LogP contribution in [-0.2, 0) is 16.6 Å². The molecular weight excluding hydrogens is 206 g/mol. The number of rotatable bonds is 5. The maximum Gasteiger partial charge on any atom is 0.327 e. The molecule has 0 aliphatic heterocycles. The zero-order valence-electron chi connectivity index (χ0n) is 10.2. The minimum absolute atomic E-state index is 0.284. The van der Waals surface area contributed by atoms with Crippen LogP contribution in [0.25, 0.3) is 0 Å². The Balaban J connectivity index is 2.75. The number of carbonyl (C=O) groups is 1. The number of aryl methyl sites for hydroxylation is 1. The second-order valence-electron chi connectivity index (χ2n) is 4.21. The van der Waals surface area contributed by atoms with Gasteiger partial charge in [-0.05, 0) is 12.5 Å². The first kappa shape index (κ1) is 12.7. The number of carbonyl (C=O) groups excluding carboxylic acids is 1. The van der Waals surface area contributed by atoms with E-state index in [4.69, 9.17) is 4.74 Å². The van der Waals surface area contributed by atoms with E-state index in [-0.39, 0.29) is 5.97 Å². The standard InChI is InChI=1S/C11H19N3O2/c1-8(2)5-12-10(11(15)16-4)9-6-13-14(3)7-9/h6-8,10,12H,5H2,1-4H3. The first-order valence-corrected chi connectivity index (χ1v) is 5.34. The van der Waals surface area contributed by atoms with Crippen LogP contribution in [0.4, 0.5) is 0 Å². The summed E-state index contributed by atoms with van der Waals surface area (Å²) in [6, 6.07) is -0.430. The van der Waals surface area contributed by atoms with Gasteiger partial charge >= 0.3 is 5.97 Å². The minimum atomic E-state index is -0.430. The van der Waals surface area contributed by atoms with Crippen LogP contribution in [0.15, 0.2) is 12.4 Å². The van der Waals surface area contributed by atoms with E-state index in [0.29, 0.717) is 5.92 Å². The summed E-state index contributed by atoms with van der Waals surface area (Å²) in [7, 11) is 3.21. The number of nitrogens with one attached hydrogen (secondary N) is 1. The van der Waals surface area contributed by atoms with Crippen molar-refractivity contribution in [2.45, 2.75) is 19.9 Å². The summed E-state index contributed by atoms with van der Waals surface area (Å²) in [6.45, 7) is 4.93. The third-order valence-corrected chi connectivity index (χ3v) is 2.23. The molecule has 1 aromatic rings. The van der Waals surface area contributed by atoms with Gasteiger partial charge < -0.3 is 10.1 Å². The number of nitrogens with zero attached hydrogens (tertiary/aromatic N) is 2. The van der Waals surface area contributed by atoms with Gasteiger partial charge in [-0.2, -0.15) is 5.10 Å². The lowest BCUT2D eigenvalue weighted by Crippen LogP contribution is -2.32. The average molecular weight is 225 g/mol. The SMILES string of the molecule is COC(=O)C(NCC(C)C)c1cnn(C)c1. The van der Waals surface area contributed by atoms with Gasteiger partial charge in [-0.15, -0.1) is 0 Å². The monoisotopic (exact) mass is 225 g/mol. The van der Waals surface area contributed by atoms with Crippen LogP contribution in [0.2, 0.25) is 0 Å². The molecule has 5 heteroatoms. The van der Waals surface area contributed by atoms with E-state index < -0.39 is 6.04 Å². The summed E-state index contributed by atoms with van der Waals surface area (Å²) >= 11 is 0.